The molecular weight excluding hydrogens is 312 g/mol. The molecule has 1 unspecified atom stereocenters. The number of nitrogens with two attached hydrogens (primary N) is 1. The van der Waals surface area contributed by atoms with Crippen LogP contribution in [0.3, 0.4) is 0 Å². The first-order valence-electron chi connectivity index (χ1n) is 5.92. The molecule has 4 nitrogen and oxygen atoms in total. The van der Waals surface area contributed by atoms with E-state index in [0.29, 0.717) is 0 Å². The predicted octanol–water partition coefficient (Wildman–Crippen LogP) is 2.98. The van der Waals surface area contributed by atoms with Crippen molar-refractivity contribution in [3.8, 4) is 0 Å². The highest BCUT2D eigenvalue weighted by Crippen LogP contribution is 2.26. The maximum atomic E-state index is 6.22. The fourth-order valence-corrected chi connectivity index (χ4v) is 3.05. The summed E-state index contributed by atoms with van der Waals surface area (Å²) in [7, 11) is 0. The topological polar surface area (TPSA) is 56.7 Å². The monoisotopic (exact) mass is 328 g/mol. The molecule has 6 heteroatoms. The van der Waals surface area contributed by atoms with Crippen molar-refractivity contribution in [2.45, 2.75) is 39.8 Å². The lowest BCUT2D eigenvalue weighted by Crippen LogP contribution is -2.16. The highest BCUT2D eigenvalue weighted by atomic mass is 79.9. The van der Waals surface area contributed by atoms with E-state index in [0.717, 1.165) is 39.5 Å². The standard InChI is InChI=1S/C12H17BrN4S/c1-4-17-11(12(13)7(2)16-17)5-9(14)10-6-18-8(3)15-10/h6,9H,4-5,14H2,1-3H3. The Morgan fingerprint density at radius 2 is 2.22 bits per heavy atom. The lowest BCUT2D eigenvalue weighted by molar-refractivity contribution is 0.582. The second kappa shape index (κ2) is 5.50. The average Bonchev–Trinajstić information content (AvgIpc) is 2.88. The fourth-order valence-electron chi connectivity index (χ4n) is 1.93. The molecule has 0 aliphatic rings. The Bertz CT molecular complexity index is 546. The molecule has 0 aromatic carbocycles. The molecular formula is C12H17BrN4S. The van der Waals surface area contributed by atoms with Crippen LogP contribution in [0.4, 0.5) is 0 Å². The van der Waals surface area contributed by atoms with Crippen LogP contribution in [-0.2, 0) is 13.0 Å². The number of rotatable bonds is 4. The quantitative estimate of drug-likeness (QED) is 0.938. The summed E-state index contributed by atoms with van der Waals surface area (Å²) in [5, 5.41) is 7.57. The molecule has 0 fully saturated rings. The van der Waals surface area contributed by atoms with Crippen molar-refractivity contribution in [2.75, 3.05) is 0 Å². The van der Waals surface area contributed by atoms with Gasteiger partial charge in [-0.2, -0.15) is 5.10 Å². The first-order valence-corrected chi connectivity index (χ1v) is 7.59. The first kappa shape index (κ1) is 13.7. The van der Waals surface area contributed by atoms with Gasteiger partial charge < -0.3 is 5.73 Å². The molecule has 0 radical (unpaired) electrons. The van der Waals surface area contributed by atoms with E-state index in [2.05, 4.69) is 32.9 Å². The van der Waals surface area contributed by atoms with Gasteiger partial charge in [0.2, 0.25) is 0 Å². The molecule has 0 aliphatic carbocycles. The van der Waals surface area contributed by atoms with Gasteiger partial charge in [0.1, 0.15) is 0 Å². The van der Waals surface area contributed by atoms with Gasteiger partial charge in [0.15, 0.2) is 0 Å². The van der Waals surface area contributed by atoms with Crippen molar-refractivity contribution in [1.82, 2.24) is 14.8 Å². The van der Waals surface area contributed by atoms with E-state index in [1.807, 2.05) is 23.9 Å². The highest BCUT2D eigenvalue weighted by Gasteiger charge is 2.17. The third-order valence-corrected chi connectivity index (χ3v) is 4.71. The normalized spacial score (nSPS) is 12.9. The molecule has 0 spiro atoms. The summed E-state index contributed by atoms with van der Waals surface area (Å²) in [6.07, 6.45) is 0.748. The van der Waals surface area contributed by atoms with Gasteiger partial charge in [0, 0.05) is 18.3 Å². The van der Waals surface area contributed by atoms with Gasteiger partial charge in [-0.15, -0.1) is 11.3 Å². The van der Waals surface area contributed by atoms with Crippen LogP contribution in [0.2, 0.25) is 0 Å². The first-order chi connectivity index (χ1) is 8.52. The highest BCUT2D eigenvalue weighted by molar-refractivity contribution is 9.10. The van der Waals surface area contributed by atoms with E-state index in [1.165, 1.54) is 0 Å². The van der Waals surface area contributed by atoms with Crippen molar-refractivity contribution in [2.24, 2.45) is 5.73 Å². The minimum Gasteiger partial charge on any atom is -0.322 e. The molecule has 2 N–H and O–H groups in total. The number of hydrogen-bond acceptors (Lipinski definition) is 4. The molecule has 0 aliphatic heterocycles. The molecule has 0 saturated carbocycles. The second-order valence-electron chi connectivity index (χ2n) is 4.26. The number of nitrogens with zero attached hydrogens (tertiary/aromatic N) is 3. The van der Waals surface area contributed by atoms with Crippen LogP contribution < -0.4 is 5.73 Å². The van der Waals surface area contributed by atoms with Crippen LogP contribution in [0, 0.1) is 13.8 Å². The molecule has 2 heterocycles. The van der Waals surface area contributed by atoms with E-state index in [-0.39, 0.29) is 6.04 Å². The van der Waals surface area contributed by atoms with Crippen molar-refractivity contribution in [3.05, 3.63) is 31.9 Å². The molecule has 18 heavy (non-hydrogen) atoms. The Morgan fingerprint density at radius 1 is 1.50 bits per heavy atom. The number of thiazole rings is 1. The third-order valence-electron chi connectivity index (χ3n) is 2.88. The van der Waals surface area contributed by atoms with Gasteiger partial charge in [0.25, 0.3) is 0 Å². The maximum absolute atomic E-state index is 6.22. The predicted molar refractivity (Wildman–Crippen MR) is 77.8 cm³/mol. The van der Waals surface area contributed by atoms with Crippen molar-refractivity contribution >= 4 is 27.3 Å². The molecule has 0 amide bonds. The number of hydrogen-bond donors (Lipinski definition) is 1. The third kappa shape index (κ3) is 2.65. The zero-order valence-corrected chi connectivity index (χ0v) is 13.2. The van der Waals surface area contributed by atoms with Crippen LogP contribution in [0.5, 0.6) is 0 Å². The summed E-state index contributed by atoms with van der Waals surface area (Å²) in [6, 6.07) is -0.0763. The lowest BCUT2D eigenvalue weighted by Gasteiger charge is -2.11. The maximum Gasteiger partial charge on any atom is 0.0898 e. The van der Waals surface area contributed by atoms with E-state index in [9.17, 15) is 0 Å². The Labute approximate surface area is 119 Å². The van der Waals surface area contributed by atoms with Crippen LogP contribution in [0.25, 0.3) is 0 Å². The van der Waals surface area contributed by atoms with Crippen molar-refractivity contribution in [1.29, 1.82) is 0 Å². The molecule has 2 aromatic rings. The van der Waals surface area contributed by atoms with E-state index in [1.54, 1.807) is 11.3 Å². The zero-order chi connectivity index (χ0) is 13.3. The van der Waals surface area contributed by atoms with Gasteiger partial charge in [0.05, 0.1) is 32.6 Å². The Hall–Kier alpha value is -0.720. The van der Waals surface area contributed by atoms with Crippen LogP contribution in [0.15, 0.2) is 9.85 Å². The molecule has 2 aromatic heterocycles. The van der Waals surface area contributed by atoms with Gasteiger partial charge in [-0.3, -0.25) is 4.68 Å². The van der Waals surface area contributed by atoms with Crippen molar-refractivity contribution < 1.29 is 0 Å². The Balaban J connectivity index is 2.23. The van der Waals surface area contributed by atoms with Gasteiger partial charge in [-0.25, -0.2) is 4.98 Å². The van der Waals surface area contributed by atoms with Crippen molar-refractivity contribution in [3.63, 3.8) is 0 Å². The summed E-state index contributed by atoms with van der Waals surface area (Å²) in [6.45, 7) is 6.93. The SMILES string of the molecule is CCn1nc(C)c(Br)c1CC(N)c1csc(C)n1. The summed E-state index contributed by atoms with van der Waals surface area (Å²) >= 11 is 5.23. The van der Waals surface area contributed by atoms with Crippen LogP contribution in [0.1, 0.15) is 35.1 Å². The number of aromatic nitrogens is 3. The van der Waals surface area contributed by atoms with Gasteiger partial charge in [-0.1, -0.05) is 0 Å². The zero-order valence-electron chi connectivity index (χ0n) is 10.8. The second-order valence-corrected chi connectivity index (χ2v) is 6.12. The Kier molecular flexibility index (Phi) is 4.19. The molecule has 2 rings (SSSR count). The van der Waals surface area contributed by atoms with Crippen LogP contribution >= 0.6 is 27.3 Å². The van der Waals surface area contributed by atoms with Gasteiger partial charge in [-0.05, 0) is 36.7 Å². The summed E-state index contributed by atoms with van der Waals surface area (Å²) in [5.74, 6) is 0. The number of halogens is 1. The minimum atomic E-state index is -0.0763. The molecule has 0 bridgehead atoms. The summed E-state index contributed by atoms with van der Waals surface area (Å²) < 4.78 is 3.06. The minimum absolute atomic E-state index is 0.0763. The van der Waals surface area contributed by atoms with E-state index >= 15 is 0 Å². The summed E-state index contributed by atoms with van der Waals surface area (Å²) in [5.41, 5.74) is 9.34. The van der Waals surface area contributed by atoms with Gasteiger partial charge >= 0.3 is 0 Å². The smallest absolute Gasteiger partial charge is 0.0898 e. The number of aryl methyl sites for hydroxylation is 3. The Morgan fingerprint density at radius 3 is 2.78 bits per heavy atom. The van der Waals surface area contributed by atoms with Crippen LogP contribution in [-0.4, -0.2) is 14.8 Å². The summed E-state index contributed by atoms with van der Waals surface area (Å²) in [4.78, 5) is 4.45. The average molecular weight is 329 g/mol. The molecule has 1 atom stereocenters. The largest absolute Gasteiger partial charge is 0.322 e. The fraction of sp³-hybridized carbons (Fsp3) is 0.500. The molecule has 98 valence electrons. The lowest BCUT2D eigenvalue weighted by atomic mass is 10.1. The van der Waals surface area contributed by atoms with E-state index < -0.39 is 0 Å². The molecule has 0 saturated heterocycles. The van der Waals surface area contributed by atoms with E-state index in [4.69, 9.17) is 5.73 Å².